The zero-order valence-electron chi connectivity index (χ0n) is 16.5. The predicted molar refractivity (Wildman–Crippen MR) is 106 cm³/mol. The minimum Gasteiger partial charge on any atom is -0.467 e. The summed E-state index contributed by atoms with van der Waals surface area (Å²) < 4.78 is 5.21. The van der Waals surface area contributed by atoms with Crippen LogP contribution in [0, 0.1) is 5.92 Å². The SMILES string of the molecule is O=C(NCc1ccco1)C1CCN(C(=O)CCN2C(=O)c3ccccc3C2=O)CC1. The van der Waals surface area contributed by atoms with Gasteiger partial charge in [0.2, 0.25) is 11.8 Å². The number of carbonyl (C=O) groups is 4. The van der Waals surface area contributed by atoms with E-state index >= 15 is 0 Å². The van der Waals surface area contributed by atoms with Gasteiger partial charge in [-0.05, 0) is 37.1 Å². The summed E-state index contributed by atoms with van der Waals surface area (Å²) in [6.07, 6.45) is 2.82. The van der Waals surface area contributed by atoms with Gasteiger partial charge in [0.05, 0.1) is 23.9 Å². The Balaban J connectivity index is 1.23. The van der Waals surface area contributed by atoms with Crippen molar-refractivity contribution in [1.29, 1.82) is 0 Å². The third-order valence-electron chi connectivity index (χ3n) is 5.66. The van der Waals surface area contributed by atoms with E-state index in [9.17, 15) is 19.2 Å². The molecule has 1 saturated heterocycles. The lowest BCUT2D eigenvalue weighted by Crippen LogP contribution is -2.44. The van der Waals surface area contributed by atoms with Crippen molar-refractivity contribution in [3.8, 4) is 0 Å². The van der Waals surface area contributed by atoms with E-state index in [0.29, 0.717) is 49.4 Å². The highest BCUT2D eigenvalue weighted by molar-refractivity contribution is 6.21. The van der Waals surface area contributed by atoms with E-state index in [4.69, 9.17) is 4.42 Å². The predicted octanol–water partition coefficient (Wildman–Crippen LogP) is 1.82. The van der Waals surface area contributed by atoms with Crippen LogP contribution in [0.4, 0.5) is 0 Å². The van der Waals surface area contributed by atoms with E-state index in [2.05, 4.69) is 5.32 Å². The number of carbonyl (C=O) groups excluding carboxylic acids is 4. The lowest BCUT2D eigenvalue weighted by atomic mass is 9.95. The monoisotopic (exact) mass is 409 g/mol. The molecule has 1 N–H and O–H groups in total. The van der Waals surface area contributed by atoms with Crippen LogP contribution < -0.4 is 5.32 Å². The Morgan fingerprint density at radius 1 is 1.00 bits per heavy atom. The Morgan fingerprint density at radius 3 is 2.27 bits per heavy atom. The molecule has 1 aromatic heterocycles. The van der Waals surface area contributed by atoms with Crippen LogP contribution in [-0.4, -0.2) is 53.1 Å². The van der Waals surface area contributed by atoms with E-state index in [1.54, 1.807) is 47.6 Å². The highest BCUT2D eigenvalue weighted by atomic mass is 16.3. The highest BCUT2D eigenvalue weighted by Crippen LogP contribution is 2.23. The smallest absolute Gasteiger partial charge is 0.261 e. The quantitative estimate of drug-likeness (QED) is 0.734. The highest BCUT2D eigenvalue weighted by Gasteiger charge is 2.35. The molecule has 2 aliphatic rings. The molecule has 8 nitrogen and oxygen atoms in total. The van der Waals surface area contributed by atoms with Crippen LogP contribution in [0.15, 0.2) is 47.1 Å². The van der Waals surface area contributed by atoms with Gasteiger partial charge in [-0.2, -0.15) is 0 Å². The molecule has 0 atom stereocenters. The Morgan fingerprint density at radius 2 is 1.67 bits per heavy atom. The van der Waals surface area contributed by atoms with Gasteiger partial charge in [-0.3, -0.25) is 24.1 Å². The Kier molecular flexibility index (Phi) is 5.65. The first kappa shape index (κ1) is 19.9. The molecule has 1 fully saturated rings. The number of nitrogens with one attached hydrogen (secondary N) is 1. The molecule has 0 spiro atoms. The summed E-state index contributed by atoms with van der Waals surface area (Å²) in [4.78, 5) is 52.5. The molecular formula is C22H23N3O5. The first-order valence-corrected chi connectivity index (χ1v) is 10.1. The molecule has 4 amide bonds. The van der Waals surface area contributed by atoms with Gasteiger partial charge in [0.1, 0.15) is 5.76 Å². The maximum atomic E-state index is 12.6. The summed E-state index contributed by atoms with van der Waals surface area (Å²) in [6, 6.07) is 10.3. The number of fused-ring (bicyclic) bond motifs is 1. The van der Waals surface area contributed by atoms with Gasteiger partial charge in [-0.25, -0.2) is 0 Å². The Bertz CT molecular complexity index is 926. The second-order valence-corrected chi connectivity index (χ2v) is 7.51. The number of piperidine rings is 1. The van der Waals surface area contributed by atoms with Crippen LogP contribution in [0.5, 0.6) is 0 Å². The van der Waals surface area contributed by atoms with E-state index in [0.717, 1.165) is 4.90 Å². The fraction of sp³-hybridized carbons (Fsp3) is 0.364. The van der Waals surface area contributed by atoms with Gasteiger partial charge < -0.3 is 14.6 Å². The fourth-order valence-electron chi connectivity index (χ4n) is 3.93. The average Bonchev–Trinajstić information content (AvgIpc) is 3.38. The second kappa shape index (κ2) is 8.52. The number of imide groups is 1. The van der Waals surface area contributed by atoms with Crippen molar-refractivity contribution in [3.63, 3.8) is 0 Å². The number of furan rings is 1. The third-order valence-corrected chi connectivity index (χ3v) is 5.66. The molecule has 0 bridgehead atoms. The fourth-order valence-corrected chi connectivity index (χ4v) is 3.93. The van der Waals surface area contributed by atoms with E-state index in [1.807, 2.05) is 0 Å². The molecular weight excluding hydrogens is 386 g/mol. The van der Waals surface area contributed by atoms with Crippen LogP contribution in [0.25, 0.3) is 0 Å². The van der Waals surface area contributed by atoms with Crippen molar-refractivity contribution in [1.82, 2.24) is 15.1 Å². The maximum absolute atomic E-state index is 12.6. The molecule has 2 aliphatic heterocycles. The number of benzene rings is 1. The first-order chi connectivity index (χ1) is 14.5. The van der Waals surface area contributed by atoms with Gasteiger partial charge in [-0.15, -0.1) is 0 Å². The first-order valence-electron chi connectivity index (χ1n) is 10.1. The molecule has 0 saturated carbocycles. The number of hydrogen-bond donors (Lipinski definition) is 1. The van der Waals surface area contributed by atoms with Crippen LogP contribution in [0.2, 0.25) is 0 Å². The van der Waals surface area contributed by atoms with E-state index < -0.39 is 0 Å². The van der Waals surface area contributed by atoms with Crippen molar-refractivity contribution >= 4 is 23.6 Å². The lowest BCUT2D eigenvalue weighted by Gasteiger charge is -2.31. The van der Waals surface area contributed by atoms with Crippen LogP contribution >= 0.6 is 0 Å². The summed E-state index contributed by atoms with van der Waals surface area (Å²) in [5.41, 5.74) is 0.771. The zero-order chi connectivity index (χ0) is 21.1. The van der Waals surface area contributed by atoms with Crippen molar-refractivity contribution < 1.29 is 23.6 Å². The lowest BCUT2D eigenvalue weighted by molar-refractivity contribution is -0.135. The van der Waals surface area contributed by atoms with E-state index in [-0.39, 0.29) is 42.5 Å². The van der Waals surface area contributed by atoms with E-state index in [1.165, 1.54) is 0 Å². The molecule has 4 rings (SSSR count). The topological polar surface area (TPSA) is 99.9 Å². The van der Waals surface area contributed by atoms with Gasteiger partial charge in [0.15, 0.2) is 0 Å². The van der Waals surface area contributed by atoms with Crippen molar-refractivity contribution in [2.24, 2.45) is 5.92 Å². The van der Waals surface area contributed by atoms with Crippen molar-refractivity contribution in [2.75, 3.05) is 19.6 Å². The molecule has 156 valence electrons. The largest absolute Gasteiger partial charge is 0.467 e. The summed E-state index contributed by atoms with van der Waals surface area (Å²) in [7, 11) is 0. The normalized spacial score (nSPS) is 16.7. The average molecular weight is 409 g/mol. The molecule has 3 heterocycles. The molecule has 1 aromatic carbocycles. The number of amides is 4. The Labute approximate surface area is 173 Å². The van der Waals surface area contributed by atoms with Gasteiger partial charge in [0, 0.05) is 32.0 Å². The summed E-state index contributed by atoms with van der Waals surface area (Å²) in [5.74, 6) is -0.291. The molecule has 0 radical (unpaired) electrons. The number of likely N-dealkylation sites (tertiary alicyclic amines) is 1. The van der Waals surface area contributed by atoms with Gasteiger partial charge in [0.25, 0.3) is 11.8 Å². The minimum absolute atomic E-state index is 0.0375. The Hall–Kier alpha value is -3.42. The van der Waals surface area contributed by atoms with Crippen LogP contribution in [0.1, 0.15) is 45.7 Å². The molecule has 2 aromatic rings. The maximum Gasteiger partial charge on any atom is 0.261 e. The minimum atomic E-state index is -0.352. The summed E-state index contributed by atoms with van der Waals surface area (Å²) >= 11 is 0. The molecule has 0 unspecified atom stereocenters. The number of rotatable bonds is 6. The molecule has 8 heteroatoms. The van der Waals surface area contributed by atoms with Crippen molar-refractivity contribution in [2.45, 2.75) is 25.8 Å². The van der Waals surface area contributed by atoms with Gasteiger partial charge >= 0.3 is 0 Å². The number of nitrogens with zero attached hydrogens (tertiary/aromatic N) is 2. The number of hydrogen-bond acceptors (Lipinski definition) is 5. The second-order valence-electron chi connectivity index (χ2n) is 7.51. The van der Waals surface area contributed by atoms with Crippen LogP contribution in [0.3, 0.4) is 0 Å². The third kappa shape index (κ3) is 3.98. The standard InChI is InChI=1S/C22H23N3O5/c26-19(9-12-25-21(28)17-5-1-2-6-18(17)22(25)29)24-10-7-15(8-11-24)20(27)23-14-16-4-3-13-30-16/h1-6,13,15H,7-12,14H2,(H,23,27). The van der Waals surface area contributed by atoms with Gasteiger partial charge in [-0.1, -0.05) is 12.1 Å². The summed E-state index contributed by atoms with van der Waals surface area (Å²) in [5, 5.41) is 2.86. The van der Waals surface area contributed by atoms with Crippen molar-refractivity contribution in [3.05, 3.63) is 59.5 Å². The zero-order valence-corrected chi connectivity index (χ0v) is 16.5. The summed E-state index contributed by atoms with van der Waals surface area (Å²) in [6.45, 7) is 1.39. The van der Waals surface area contributed by atoms with Crippen LogP contribution in [-0.2, 0) is 16.1 Å². The molecule has 30 heavy (non-hydrogen) atoms. The molecule has 0 aliphatic carbocycles.